The Morgan fingerprint density at radius 1 is 1.12 bits per heavy atom. The Labute approximate surface area is 187 Å². The zero-order valence-electron chi connectivity index (χ0n) is 16.8. The first kappa shape index (κ1) is 22.7. The highest BCUT2D eigenvalue weighted by Gasteiger charge is 2.53. The number of anilines is 1. The predicted molar refractivity (Wildman–Crippen MR) is 111 cm³/mol. The van der Waals surface area contributed by atoms with Gasteiger partial charge >= 0.3 is 12.4 Å². The van der Waals surface area contributed by atoms with Crippen LogP contribution in [0, 0.1) is 0 Å². The summed E-state index contributed by atoms with van der Waals surface area (Å²) in [5.74, 6) is -0.378. The maximum atomic E-state index is 13.0. The fraction of sp³-hybridized carbons (Fsp3) is 0.350. The van der Waals surface area contributed by atoms with Gasteiger partial charge in [-0.1, -0.05) is 11.6 Å². The van der Waals surface area contributed by atoms with E-state index in [1.165, 1.54) is 41.3 Å². The lowest BCUT2D eigenvalue weighted by molar-refractivity contribution is -0.274. The van der Waals surface area contributed by atoms with E-state index in [-0.39, 0.29) is 29.8 Å². The molecular formula is C20H19ClF3N3O4S. The van der Waals surface area contributed by atoms with Crippen molar-refractivity contribution in [2.75, 3.05) is 18.0 Å². The average molecular weight is 490 g/mol. The number of benzene rings is 2. The third-order valence-electron chi connectivity index (χ3n) is 5.53. The van der Waals surface area contributed by atoms with Crippen molar-refractivity contribution in [1.29, 1.82) is 0 Å². The van der Waals surface area contributed by atoms with Gasteiger partial charge in [-0.25, -0.2) is 17.9 Å². The van der Waals surface area contributed by atoms with Crippen LogP contribution < -0.4 is 14.4 Å². The van der Waals surface area contributed by atoms with E-state index in [0.29, 0.717) is 17.1 Å². The molecule has 2 aliphatic heterocycles. The highest BCUT2D eigenvalue weighted by atomic mass is 35.5. The number of alkyl halides is 3. The van der Waals surface area contributed by atoms with E-state index in [9.17, 15) is 26.4 Å². The molecular weight excluding hydrogens is 471 g/mol. The summed E-state index contributed by atoms with van der Waals surface area (Å²) in [4.78, 5) is 16.1. The van der Waals surface area contributed by atoms with Crippen molar-refractivity contribution in [1.82, 2.24) is 9.62 Å². The molecule has 32 heavy (non-hydrogen) atoms. The van der Waals surface area contributed by atoms with Crippen LogP contribution in [0.5, 0.6) is 5.75 Å². The van der Waals surface area contributed by atoms with Crippen molar-refractivity contribution >= 4 is 33.3 Å². The number of hydrogen-bond donors (Lipinski definition) is 1. The van der Waals surface area contributed by atoms with Crippen molar-refractivity contribution in [2.24, 2.45) is 0 Å². The molecule has 2 aromatic rings. The lowest BCUT2D eigenvalue weighted by Gasteiger charge is -2.24. The van der Waals surface area contributed by atoms with Gasteiger partial charge in [-0.2, -0.15) is 0 Å². The van der Waals surface area contributed by atoms with Gasteiger partial charge in [0.1, 0.15) is 5.75 Å². The smallest absolute Gasteiger partial charge is 0.406 e. The van der Waals surface area contributed by atoms with Gasteiger partial charge in [-0.15, -0.1) is 13.2 Å². The number of nitrogens with zero attached hydrogens (tertiary/aromatic N) is 2. The molecule has 0 saturated carbocycles. The molecule has 7 nitrogen and oxygen atoms in total. The average Bonchev–Trinajstić information content (AvgIpc) is 3.12. The number of nitrogens with one attached hydrogen (secondary N) is 1. The third kappa shape index (κ3) is 4.50. The van der Waals surface area contributed by atoms with Gasteiger partial charge in [0.25, 0.3) is 0 Å². The monoisotopic (exact) mass is 489 g/mol. The molecule has 0 radical (unpaired) electrons. The minimum absolute atomic E-state index is 0.0771. The van der Waals surface area contributed by atoms with Crippen LogP contribution in [0.4, 0.5) is 23.7 Å². The quantitative estimate of drug-likeness (QED) is 0.689. The summed E-state index contributed by atoms with van der Waals surface area (Å²) in [6.07, 6.45) is -4.41. The van der Waals surface area contributed by atoms with Gasteiger partial charge in [-0.3, -0.25) is 4.90 Å². The first-order chi connectivity index (χ1) is 14.9. The number of carbonyl (C=O) groups excluding carboxylic acids is 1. The van der Waals surface area contributed by atoms with E-state index in [1.54, 1.807) is 4.90 Å². The zero-order valence-corrected chi connectivity index (χ0v) is 18.3. The minimum Gasteiger partial charge on any atom is -0.406 e. The van der Waals surface area contributed by atoms with Crippen molar-refractivity contribution in [3.8, 4) is 5.75 Å². The normalized spacial score (nSPS) is 23.5. The number of rotatable bonds is 5. The largest absolute Gasteiger partial charge is 0.573 e. The Balaban J connectivity index is 1.45. The summed E-state index contributed by atoms with van der Waals surface area (Å²) < 4.78 is 68.9. The fourth-order valence-corrected chi connectivity index (χ4v) is 5.52. The maximum Gasteiger partial charge on any atom is 0.573 e. The minimum atomic E-state index is -4.80. The van der Waals surface area contributed by atoms with E-state index >= 15 is 0 Å². The molecule has 2 fully saturated rings. The zero-order chi connectivity index (χ0) is 23.3. The molecule has 2 heterocycles. The Kier molecular flexibility index (Phi) is 5.54. The Morgan fingerprint density at radius 3 is 2.31 bits per heavy atom. The van der Waals surface area contributed by atoms with Crippen molar-refractivity contribution in [3.63, 3.8) is 0 Å². The van der Waals surface area contributed by atoms with Crippen LogP contribution in [-0.4, -0.2) is 50.4 Å². The predicted octanol–water partition coefficient (Wildman–Crippen LogP) is 3.99. The molecule has 0 spiro atoms. The van der Waals surface area contributed by atoms with E-state index < -0.39 is 28.0 Å². The Hall–Kier alpha value is -2.50. The molecule has 4 rings (SSSR count). The number of ether oxygens (including phenoxy) is 1. The topological polar surface area (TPSA) is 79.0 Å². The first-order valence-electron chi connectivity index (χ1n) is 9.59. The molecule has 172 valence electrons. The first-order valence-corrected chi connectivity index (χ1v) is 11.5. The summed E-state index contributed by atoms with van der Waals surface area (Å²) in [6.45, 7) is 2.29. The van der Waals surface area contributed by atoms with E-state index in [4.69, 9.17) is 11.6 Å². The van der Waals surface area contributed by atoms with Crippen molar-refractivity contribution in [3.05, 3.63) is 53.6 Å². The van der Waals surface area contributed by atoms with Crippen LogP contribution >= 0.6 is 11.6 Å². The molecule has 0 aromatic heterocycles. The van der Waals surface area contributed by atoms with Crippen LogP contribution in [0.15, 0.2) is 53.4 Å². The third-order valence-corrected chi connectivity index (χ3v) is 7.32. The second kappa shape index (κ2) is 7.82. The number of hydrogen-bond acceptors (Lipinski definition) is 4. The number of fused-ring (bicyclic) bond motifs is 1. The summed E-state index contributed by atoms with van der Waals surface area (Å²) in [7, 11) is -3.79. The van der Waals surface area contributed by atoms with Crippen molar-refractivity contribution < 1.29 is 31.1 Å². The van der Waals surface area contributed by atoms with E-state index in [2.05, 4.69) is 9.46 Å². The standard InChI is InChI=1S/C20H19ClF3N3O4S/c1-19-10-14(25-32(29,30)17-8-2-13(21)3-9-17)11-27(19)18(28)26(12-19)15-4-6-16(7-5-15)31-20(22,23)24/h2-9,14,25H,10-12H2,1H3/t14-,19-/m0/s1. The Morgan fingerprint density at radius 2 is 1.75 bits per heavy atom. The van der Waals surface area contributed by atoms with Gasteiger partial charge in [0, 0.05) is 23.3 Å². The highest BCUT2D eigenvalue weighted by molar-refractivity contribution is 7.89. The fourth-order valence-electron chi connectivity index (χ4n) is 4.17. The van der Waals surface area contributed by atoms with Crippen LogP contribution in [0.1, 0.15) is 13.3 Å². The summed E-state index contributed by atoms with van der Waals surface area (Å²) in [6, 6.07) is 10.0. The van der Waals surface area contributed by atoms with Crippen LogP contribution in [-0.2, 0) is 10.0 Å². The lowest BCUT2D eigenvalue weighted by Crippen LogP contribution is -2.40. The Bertz CT molecular complexity index is 1130. The molecule has 2 amide bonds. The summed E-state index contributed by atoms with van der Waals surface area (Å²) in [5, 5.41) is 0.418. The van der Waals surface area contributed by atoms with Gasteiger partial charge < -0.3 is 9.64 Å². The maximum absolute atomic E-state index is 13.0. The van der Waals surface area contributed by atoms with Gasteiger partial charge in [0.2, 0.25) is 10.0 Å². The second-order valence-electron chi connectivity index (χ2n) is 7.99. The number of halogens is 4. The molecule has 12 heteroatoms. The van der Waals surface area contributed by atoms with Crippen LogP contribution in [0.3, 0.4) is 0 Å². The van der Waals surface area contributed by atoms with Crippen LogP contribution in [0.2, 0.25) is 5.02 Å². The molecule has 2 saturated heterocycles. The number of amides is 2. The molecule has 2 atom stereocenters. The SMILES string of the molecule is C[C@@]12C[C@H](NS(=O)(=O)c3ccc(Cl)cc3)CN1C(=O)N(c1ccc(OC(F)(F)F)cc1)C2. The highest BCUT2D eigenvalue weighted by Crippen LogP contribution is 2.39. The van der Waals surface area contributed by atoms with Crippen LogP contribution in [0.25, 0.3) is 0 Å². The van der Waals surface area contributed by atoms with E-state index in [1.807, 2.05) is 6.92 Å². The number of carbonyl (C=O) groups is 1. The van der Waals surface area contributed by atoms with Gasteiger partial charge in [0.05, 0.1) is 17.0 Å². The summed E-state index contributed by atoms with van der Waals surface area (Å²) in [5.41, 5.74) is -0.204. The van der Waals surface area contributed by atoms with Crippen molar-refractivity contribution in [2.45, 2.75) is 36.2 Å². The molecule has 1 N–H and O–H groups in total. The lowest BCUT2D eigenvalue weighted by atomic mass is 9.98. The number of urea groups is 1. The summed E-state index contributed by atoms with van der Waals surface area (Å²) >= 11 is 5.81. The van der Waals surface area contributed by atoms with Gasteiger partial charge in [0.15, 0.2) is 0 Å². The molecule has 0 aliphatic carbocycles. The molecule has 0 bridgehead atoms. The molecule has 2 aliphatic rings. The molecule has 0 unspecified atom stereocenters. The van der Waals surface area contributed by atoms with E-state index in [0.717, 1.165) is 12.1 Å². The number of sulfonamides is 1. The molecule has 2 aromatic carbocycles. The second-order valence-corrected chi connectivity index (χ2v) is 10.1. The van der Waals surface area contributed by atoms with Gasteiger partial charge in [-0.05, 0) is 61.9 Å².